The molecule has 0 bridgehead atoms. The van der Waals surface area contributed by atoms with E-state index in [2.05, 4.69) is 51.7 Å². The number of hydrogen-bond donors (Lipinski definition) is 1. The molecule has 0 saturated heterocycles. The number of nitrogens with one attached hydrogen (secondary N) is 1. The second kappa shape index (κ2) is 5.95. The summed E-state index contributed by atoms with van der Waals surface area (Å²) in [5.74, 6) is 1.63. The van der Waals surface area contributed by atoms with Gasteiger partial charge < -0.3 is 10.1 Å². The first kappa shape index (κ1) is 14.6. The zero-order valence-corrected chi connectivity index (χ0v) is 13.3. The van der Waals surface area contributed by atoms with Crippen molar-refractivity contribution in [2.45, 2.75) is 39.2 Å². The molecule has 1 heterocycles. The standard InChI is InChI=1S/C12H20IN3O/c1-6-8-9(13)10(14-4)16-11(15-8)12(3,7-2)17-5/h6-7H2,1-5H3,(H,14,15,16). The number of aryl methyl sites for hydroxylation is 1. The number of methoxy groups -OCH3 is 1. The number of nitrogens with zero attached hydrogens (tertiary/aromatic N) is 2. The molecule has 1 rings (SSSR count). The second-order valence-corrected chi connectivity index (χ2v) is 5.13. The van der Waals surface area contributed by atoms with Crippen LogP contribution in [-0.2, 0) is 16.8 Å². The van der Waals surface area contributed by atoms with Crippen molar-refractivity contribution in [3.05, 3.63) is 15.1 Å². The highest BCUT2D eigenvalue weighted by Gasteiger charge is 2.29. The van der Waals surface area contributed by atoms with Crippen molar-refractivity contribution >= 4 is 28.4 Å². The fourth-order valence-corrected chi connectivity index (χ4v) is 2.42. The summed E-state index contributed by atoms with van der Waals surface area (Å²) in [7, 11) is 3.58. The first-order chi connectivity index (χ1) is 8.02. The minimum Gasteiger partial charge on any atom is -0.372 e. The molecule has 1 N–H and O–H groups in total. The Morgan fingerprint density at radius 2 is 2.00 bits per heavy atom. The lowest BCUT2D eigenvalue weighted by Crippen LogP contribution is -2.27. The predicted octanol–water partition coefficient (Wildman–Crippen LogP) is 2.96. The molecule has 0 saturated carbocycles. The van der Waals surface area contributed by atoms with Crippen LogP contribution in [0.2, 0.25) is 0 Å². The van der Waals surface area contributed by atoms with E-state index in [9.17, 15) is 0 Å². The van der Waals surface area contributed by atoms with E-state index >= 15 is 0 Å². The van der Waals surface area contributed by atoms with E-state index < -0.39 is 5.60 Å². The molecular weight excluding hydrogens is 329 g/mol. The third kappa shape index (κ3) is 2.88. The van der Waals surface area contributed by atoms with E-state index in [1.807, 2.05) is 14.0 Å². The number of halogens is 1. The lowest BCUT2D eigenvalue weighted by molar-refractivity contribution is -0.00906. The maximum atomic E-state index is 5.56. The summed E-state index contributed by atoms with van der Waals surface area (Å²) in [5, 5.41) is 3.12. The molecule has 1 atom stereocenters. The van der Waals surface area contributed by atoms with E-state index in [4.69, 9.17) is 4.74 Å². The molecular formula is C12H20IN3O. The van der Waals surface area contributed by atoms with Gasteiger partial charge in [-0.25, -0.2) is 9.97 Å². The van der Waals surface area contributed by atoms with Gasteiger partial charge in [-0.1, -0.05) is 13.8 Å². The van der Waals surface area contributed by atoms with Crippen LogP contribution in [0.5, 0.6) is 0 Å². The number of anilines is 1. The van der Waals surface area contributed by atoms with Gasteiger partial charge in [-0.3, -0.25) is 0 Å². The van der Waals surface area contributed by atoms with Crippen molar-refractivity contribution in [2.75, 3.05) is 19.5 Å². The summed E-state index contributed by atoms with van der Waals surface area (Å²) in [6, 6.07) is 0. The zero-order chi connectivity index (χ0) is 13.1. The Morgan fingerprint density at radius 1 is 1.35 bits per heavy atom. The third-order valence-corrected chi connectivity index (χ3v) is 4.22. The fourth-order valence-electron chi connectivity index (χ4n) is 1.52. The molecule has 0 aliphatic heterocycles. The van der Waals surface area contributed by atoms with E-state index in [0.717, 1.165) is 33.7 Å². The first-order valence-corrected chi connectivity index (χ1v) is 6.90. The average molecular weight is 349 g/mol. The predicted molar refractivity (Wildman–Crippen MR) is 78.3 cm³/mol. The van der Waals surface area contributed by atoms with Gasteiger partial charge in [0.2, 0.25) is 0 Å². The highest BCUT2D eigenvalue weighted by molar-refractivity contribution is 14.1. The Labute approximate surface area is 117 Å². The molecule has 4 nitrogen and oxygen atoms in total. The maximum absolute atomic E-state index is 5.56. The SMILES string of the molecule is CCc1nc(C(C)(CC)OC)nc(NC)c1I. The van der Waals surface area contributed by atoms with Crippen LogP contribution in [0, 0.1) is 3.57 Å². The molecule has 96 valence electrons. The van der Waals surface area contributed by atoms with Gasteiger partial charge in [-0.2, -0.15) is 0 Å². The minimum absolute atomic E-state index is 0.417. The Hall–Kier alpha value is -0.430. The molecule has 0 aliphatic rings. The Bertz CT molecular complexity index is 366. The molecule has 1 aromatic heterocycles. The molecule has 5 heteroatoms. The van der Waals surface area contributed by atoms with Crippen LogP contribution in [-0.4, -0.2) is 24.1 Å². The number of ether oxygens (including phenoxy) is 1. The lowest BCUT2D eigenvalue weighted by atomic mass is 10.0. The average Bonchev–Trinajstić information content (AvgIpc) is 2.38. The van der Waals surface area contributed by atoms with Crippen LogP contribution >= 0.6 is 22.6 Å². The van der Waals surface area contributed by atoms with Gasteiger partial charge in [-0.15, -0.1) is 0 Å². The molecule has 1 unspecified atom stereocenters. The molecule has 0 aromatic carbocycles. The molecule has 17 heavy (non-hydrogen) atoms. The summed E-state index contributed by atoms with van der Waals surface area (Å²) in [6.07, 6.45) is 1.74. The summed E-state index contributed by atoms with van der Waals surface area (Å²) >= 11 is 2.28. The van der Waals surface area contributed by atoms with Crippen molar-refractivity contribution < 1.29 is 4.74 Å². The van der Waals surface area contributed by atoms with Gasteiger partial charge in [0.25, 0.3) is 0 Å². The molecule has 0 fully saturated rings. The van der Waals surface area contributed by atoms with E-state index in [0.29, 0.717) is 0 Å². The Balaban J connectivity index is 3.35. The maximum Gasteiger partial charge on any atom is 0.162 e. The zero-order valence-electron chi connectivity index (χ0n) is 11.1. The molecule has 1 aromatic rings. The number of rotatable bonds is 5. The monoisotopic (exact) mass is 349 g/mol. The van der Waals surface area contributed by atoms with Crippen molar-refractivity contribution in [1.29, 1.82) is 0 Å². The van der Waals surface area contributed by atoms with Crippen LogP contribution in [0.15, 0.2) is 0 Å². The fraction of sp³-hybridized carbons (Fsp3) is 0.667. The van der Waals surface area contributed by atoms with Gasteiger partial charge in [-0.05, 0) is 42.4 Å². The quantitative estimate of drug-likeness (QED) is 0.831. The number of hydrogen-bond acceptors (Lipinski definition) is 4. The van der Waals surface area contributed by atoms with Gasteiger partial charge >= 0.3 is 0 Å². The van der Waals surface area contributed by atoms with Crippen molar-refractivity contribution in [2.24, 2.45) is 0 Å². The van der Waals surface area contributed by atoms with Gasteiger partial charge in [0.1, 0.15) is 11.4 Å². The second-order valence-electron chi connectivity index (χ2n) is 4.05. The van der Waals surface area contributed by atoms with Crippen LogP contribution in [0.4, 0.5) is 5.82 Å². The normalized spacial score (nSPS) is 14.5. The highest BCUT2D eigenvalue weighted by atomic mass is 127. The van der Waals surface area contributed by atoms with Crippen LogP contribution in [0.1, 0.15) is 38.7 Å². The summed E-state index contributed by atoms with van der Waals surface area (Å²) < 4.78 is 6.65. The van der Waals surface area contributed by atoms with Crippen molar-refractivity contribution in [3.8, 4) is 0 Å². The Morgan fingerprint density at radius 3 is 2.41 bits per heavy atom. The smallest absolute Gasteiger partial charge is 0.162 e. The minimum atomic E-state index is -0.417. The van der Waals surface area contributed by atoms with Gasteiger partial charge in [0, 0.05) is 14.2 Å². The first-order valence-electron chi connectivity index (χ1n) is 5.82. The summed E-state index contributed by atoms with van der Waals surface area (Å²) in [6.45, 7) is 6.20. The topological polar surface area (TPSA) is 47.0 Å². The Kier molecular flexibility index (Phi) is 5.12. The third-order valence-electron chi connectivity index (χ3n) is 3.09. The van der Waals surface area contributed by atoms with Gasteiger partial charge in [0.15, 0.2) is 5.82 Å². The van der Waals surface area contributed by atoms with Gasteiger partial charge in [0.05, 0.1) is 9.26 Å². The summed E-state index contributed by atoms with van der Waals surface area (Å²) in [5.41, 5.74) is 0.650. The van der Waals surface area contributed by atoms with E-state index in [-0.39, 0.29) is 0 Å². The van der Waals surface area contributed by atoms with Crippen LogP contribution in [0.25, 0.3) is 0 Å². The van der Waals surface area contributed by atoms with Crippen molar-refractivity contribution in [1.82, 2.24) is 9.97 Å². The lowest BCUT2D eigenvalue weighted by Gasteiger charge is -2.26. The highest BCUT2D eigenvalue weighted by Crippen LogP contribution is 2.28. The largest absolute Gasteiger partial charge is 0.372 e. The van der Waals surface area contributed by atoms with Crippen molar-refractivity contribution in [3.63, 3.8) is 0 Å². The molecule has 0 radical (unpaired) electrons. The number of aromatic nitrogens is 2. The van der Waals surface area contributed by atoms with E-state index in [1.54, 1.807) is 7.11 Å². The van der Waals surface area contributed by atoms with E-state index in [1.165, 1.54) is 0 Å². The van der Waals surface area contributed by atoms with Crippen LogP contribution < -0.4 is 5.32 Å². The van der Waals surface area contributed by atoms with Crippen LogP contribution in [0.3, 0.4) is 0 Å². The molecule has 0 spiro atoms. The molecule has 0 amide bonds. The summed E-state index contributed by atoms with van der Waals surface area (Å²) in [4.78, 5) is 9.19. The molecule has 0 aliphatic carbocycles.